The van der Waals surface area contributed by atoms with E-state index in [9.17, 15) is 0 Å². The zero-order valence-corrected chi connectivity index (χ0v) is 31.5. The van der Waals surface area contributed by atoms with E-state index in [-0.39, 0.29) is 39.9 Å². The average Bonchev–Trinajstić information content (AvgIpc) is 3.00. The van der Waals surface area contributed by atoms with E-state index in [1.165, 1.54) is 193 Å². The number of nitrogens with two attached hydrogens (primary N) is 2. The molecule has 0 unspecified atom stereocenters. The van der Waals surface area contributed by atoms with Gasteiger partial charge < -0.3 is 20.9 Å². The predicted molar refractivity (Wildman–Crippen MR) is 212 cm³/mol. The summed E-state index contributed by atoms with van der Waals surface area (Å²) in [5.74, 6) is 0. The minimum absolute atomic E-state index is 0. The van der Waals surface area contributed by atoms with Gasteiger partial charge in [-0.2, -0.15) is 0 Å². The van der Waals surface area contributed by atoms with Crippen LogP contribution in [0.3, 0.4) is 0 Å². The molecule has 0 aromatic rings. The first-order chi connectivity index (χ1) is 21.5. The molecule has 0 atom stereocenters. The Bertz CT molecular complexity index is 522. The Morgan fingerprint density at radius 2 is 0.489 bits per heavy atom. The summed E-state index contributed by atoms with van der Waals surface area (Å²) in [4.78, 5) is 0. The summed E-state index contributed by atoms with van der Waals surface area (Å²) in [6.07, 6.45) is 44.4. The number of thiocarbonyl (C=S) groups is 2. The first-order valence-electron chi connectivity index (χ1n) is 19.4. The molecule has 0 rings (SSSR count). The average molecular weight is 683 g/mol. The zero-order chi connectivity index (χ0) is 32.6. The van der Waals surface area contributed by atoms with Crippen LogP contribution in [0.25, 0.3) is 0 Å². The Morgan fingerprint density at radius 3 is 0.644 bits per heavy atom. The van der Waals surface area contributed by atoms with Crippen molar-refractivity contribution in [3.8, 4) is 0 Å². The molecule has 0 saturated carbocycles. The molecular weight excluding hydrogens is 604 g/mol. The van der Waals surface area contributed by atoms with Crippen molar-refractivity contribution in [2.75, 3.05) is 13.2 Å². The fourth-order valence-electron chi connectivity index (χ4n) is 5.65. The Balaban J connectivity index is -0.000000767. The zero-order valence-electron chi connectivity index (χ0n) is 29.8. The molecule has 0 saturated heterocycles. The van der Waals surface area contributed by atoms with E-state index >= 15 is 0 Å². The fourth-order valence-corrected chi connectivity index (χ4v) is 5.81. The second kappa shape index (κ2) is 46.5. The molecule has 4 N–H and O–H groups in total. The van der Waals surface area contributed by atoms with Crippen molar-refractivity contribution in [2.45, 2.75) is 219 Å². The molecule has 0 spiro atoms. The van der Waals surface area contributed by atoms with Gasteiger partial charge in [0, 0.05) is 0 Å². The van der Waals surface area contributed by atoms with Gasteiger partial charge in [-0.25, -0.2) is 0 Å². The summed E-state index contributed by atoms with van der Waals surface area (Å²) in [7, 11) is 0. The number of rotatable bonds is 34. The van der Waals surface area contributed by atoms with Crippen molar-refractivity contribution in [2.24, 2.45) is 11.5 Å². The molecule has 0 radical (unpaired) electrons. The van der Waals surface area contributed by atoms with Crippen molar-refractivity contribution in [1.29, 1.82) is 0 Å². The molecule has 0 aliphatic rings. The molecule has 0 amide bonds. The maximum absolute atomic E-state index is 5.27. The van der Waals surface area contributed by atoms with E-state index in [0.29, 0.717) is 13.2 Å². The number of ether oxygens (including phenoxy) is 2. The third-order valence-corrected chi connectivity index (χ3v) is 8.72. The summed E-state index contributed by atoms with van der Waals surface area (Å²) in [5.41, 5.74) is 10.5. The van der Waals surface area contributed by atoms with E-state index < -0.39 is 0 Å². The summed E-state index contributed by atoms with van der Waals surface area (Å²) in [6, 6.07) is 0. The van der Waals surface area contributed by atoms with Crippen LogP contribution in [0.5, 0.6) is 0 Å². The van der Waals surface area contributed by atoms with Gasteiger partial charge in [-0.3, -0.25) is 0 Å². The summed E-state index contributed by atoms with van der Waals surface area (Å²) >= 11 is 9.32. The second-order valence-electron chi connectivity index (χ2n) is 12.9. The molecular formula is C38H79N2NaO2S2. The molecule has 0 aromatic carbocycles. The van der Waals surface area contributed by atoms with Crippen molar-refractivity contribution in [3.05, 3.63) is 0 Å². The van der Waals surface area contributed by atoms with Crippen molar-refractivity contribution >= 4 is 64.3 Å². The van der Waals surface area contributed by atoms with E-state index in [1.807, 2.05) is 0 Å². The van der Waals surface area contributed by atoms with Crippen LogP contribution in [-0.2, 0) is 9.47 Å². The van der Waals surface area contributed by atoms with Crippen LogP contribution < -0.4 is 11.5 Å². The standard InChI is InChI=1S/2C19H39NOS.Na.H/c2*1-2-3-4-5-6-7-8-9-10-11-12-13-14-15-16-17-18-21-19(20)22;;/h2*2-18H2,1H3,(H2,20,22);;. The third kappa shape index (κ3) is 54.1. The Kier molecular flexibility index (Phi) is 51.4. The Morgan fingerprint density at radius 1 is 0.333 bits per heavy atom. The van der Waals surface area contributed by atoms with E-state index in [2.05, 4.69) is 38.3 Å². The van der Waals surface area contributed by atoms with Crippen LogP contribution in [0.1, 0.15) is 219 Å². The molecule has 45 heavy (non-hydrogen) atoms. The molecule has 0 fully saturated rings. The van der Waals surface area contributed by atoms with Crippen molar-refractivity contribution in [3.63, 3.8) is 0 Å². The number of hydrogen-bond donors (Lipinski definition) is 2. The van der Waals surface area contributed by atoms with Gasteiger partial charge in [0.1, 0.15) is 0 Å². The summed E-state index contributed by atoms with van der Waals surface area (Å²) in [6.45, 7) is 5.94. The fraction of sp³-hybridized carbons (Fsp3) is 0.947. The van der Waals surface area contributed by atoms with Gasteiger partial charge in [0.15, 0.2) is 0 Å². The van der Waals surface area contributed by atoms with E-state index in [0.717, 1.165) is 12.8 Å². The predicted octanol–water partition coefficient (Wildman–Crippen LogP) is 12.4. The quantitative estimate of drug-likeness (QED) is 0.0400. The van der Waals surface area contributed by atoms with Gasteiger partial charge in [0.2, 0.25) is 0 Å². The van der Waals surface area contributed by atoms with Crippen LogP contribution in [0.2, 0.25) is 0 Å². The number of hydrogen-bond acceptors (Lipinski definition) is 4. The summed E-state index contributed by atoms with van der Waals surface area (Å²) in [5, 5.41) is 0.363. The van der Waals surface area contributed by atoms with Gasteiger partial charge >= 0.3 is 29.6 Å². The SMILES string of the molecule is CCCCCCCCCCCCCCCCCCOC(N)=S.CCCCCCCCCCCCCCCCCCOC(N)=S.[NaH]. The number of unbranched alkanes of at least 4 members (excludes halogenated alkanes) is 30. The van der Waals surface area contributed by atoms with Gasteiger partial charge in [0.05, 0.1) is 13.2 Å². The monoisotopic (exact) mass is 683 g/mol. The van der Waals surface area contributed by atoms with Gasteiger partial charge in [-0.15, -0.1) is 0 Å². The first kappa shape index (κ1) is 49.8. The molecule has 0 heterocycles. The van der Waals surface area contributed by atoms with Crippen LogP contribution in [-0.4, -0.2) is 53.1 Å². The van der Waals surface area contributed by atoms with Crippen molar-refractivity contribution < 1.29 is 9.47 Å². The minimum atomic E-state index is 0. The summed E-state index contributed by atoms with van der Waals surface area (Å²) < 4.78 is 10.1. The van der Waals surface area contributed by atoms with Gasteiger partial charge in [0.25, 0.3) is 10.3 Å². The normalized spacial score (nSPS) is 10.5. The topological polar surface area (TPSA) is 70.5 Å². The van der Waals surface area contributed by atoms with Crippen LogP contribution in [0.15, 0.2) is 0 Å². The molecule has 0 aliphatic carbocycles. The molecule has 0 aromatic heterocycles. The maximum atomic E-state index is 5.27. The van der Waals surface area contributed by atoms with E-state index in [1.54, 1.807) is 0 Å². The third-order valence-electron chi connectivity index (χ3n) is 8.48. The van der Waals surface area contributed by atoms with Crippen molar-refractivity contribution in [1.82, 2.24) is 0 Å². The van der Waals surface area contributed by atoms with Crippen LogP contribution >= 0.6 is 24.4 Å². The molecule has 7 heteroatoms. The Labute approximate surface area is 315 Å². The van der Waals surface area contributed by atoms with E-state index in [4.69, 9.17) is 20.9 Å². The second-order valence-corrected chi connectivity index (χ2v) is 13.7. The van der Waals surface area contributed by atoms with Crippen LogP contribution in [0, 0.1) is 0 Å². The molecule has 0 bridgehead atoms. The first-order valence-corrected chi connectivity index (χ1v) is 20.2. The molecule has 0 aliphatic heterocycles. The van der Waals surface area contributed by atoms with Crippen LogP contribution in [0.4, 0.5) is 0 Å². The van der Waals surface area contributed by atoms with Gasteiger partial charge in [-0.05, 0) is 37.3 Å². The van der Waals surface area contributed by atoms with Gasteiger partial charge in [-0.1, -0.05) is 206 Å². The molecule has 4 nitrogen and oxygen atoms in total. The molecule has 266 valence electrons. The Hall–Kier alpha value is 0.380.